The van der Waals surface area contributed by atoms with Crippen LogP contribution in [0.2, 0.25) is 0 Å². The van der Waals surface area contributed by atoms with Crippen molar-refractivity contribution < 1.29 is 18.8 Å². The van der Waals surface area contributed by atoms with E-state index in [-0.39, 0.29) is 62.9 Å². The minimum atomic E-state index is -0.661. The molecule has 0 radical (unpaired) electrons. The number of aromatic nitrogens is 2. The Kier molecular flexibility index (Phi) is 6.17. The van der Waals surface area contributed by atoms with Gasteiger partial charge < -0.3 is 9.21 Å². The van der Waals surface area contributed by atoms with Crippen LogP contribution in [0.4, 0.5) is 0 Å². The van der Waals surface area contributed by atoms with Crippen LogP contribution in [0.25, 0.3) is 4.85 Å². The standard InChI is InChI=1S/C37H47N3O4/c1-32(2)26-11-12-36(6)27(35(26,5)20-23(38-8)29(32)43)18-24(41)28-22-19-34(4,14-13-33(22,3)15-16-37(28,36)7)31-40-39-30(44-31)25(42)17-21-9-10-21/h18,20-22,26,28H,9-17,19H2,1-7H3/t22-,26-,28-,33+,34-,35-,36+,37+/m0/s1. The summed E-state index contributed by atoms with van der Waals surface area (Å²) < 4.78 is 6.12. The first-order chi connectivity index (χ1) is 20.5. The lowest BCUT2D eigenvalue weighted by molar-refractivity contribution is -0.166. The summed E-state index contributed by atoms with van der Waals surface area (Å²) in [6, 6.07) is 0. The van der Waals surface area contributed by atoms with E-state index in [4.69, 9.17) is 11.0 Å². The van der Waals surface area contributed by atoms with Crippen LogP contribution in [0.3, 0.4) is 0 Å². The lowest BCUT2D eigenvalue weighted by atomic mass is 9.34. The highest BCUT2D eigenvalue weighted by Gasteiger charge is 2.69. The molecule has 0 bridgehead atoms. The van der Waals surface area contributed by atoms with Gasteiger partial charge in [0.25, 0.3) is 5.89 Å². The first-order valence-corrected chi connectivity index (χ1v) is 16.8. The number of fused-ring (bicyclic) bond motifs is 7. The highest BCUT2D eigenvalue weighted by molar-refractivity contribution is 6.03. The SMILES string of the molecule is [C-]#[N+]C1=C[C@]2(C)C3=CC(=O)[C@@H]4[C@@H]5C[C@@](C)(c6nnc(C(=O)CC7CC7)o6)CC[C@]5(C)CC[C@@]4(C)[C@]3(C)CC[C@H]2C(C)(C)C1=O. The van der Waals surface area contributed by atoms with Crippen LogP contribution in [0.5, 0.6) is 0 Å². The third kappa shape index (κ3) is 3.81. The van der Waals surface area contributed by atoms with Crippen LogP contribution in [-0.4, -0.2) is 27.5 Å². The maximum absolute atomic E-state index is 14.7. The third-order valence-corrected chi connectivity index (χ3v) is 14.4. The largest absolute Gasteiger partial charge is 0.418 e. The number of hydrogen-bond acceptors (Lipinski definition) is 6. The van der Waals surface area contributed by atoms with E-state index in [1.165, 1.54) is 0 Å². The predicted molar refractivity (Wildman–Crippen MR) is 165 cm³/mol. The van der Waals surface area contributed by atoms with Crippen LogP contribution in [-0.2, 0) is 15.0 Å². The van der Waals surface area contributed by atoms with Crippen molar-refractivity contribution in [3.63, 3.8) is 0 Å². The van der Waals surface area contributed by atoms with E-state index in [1.807, 2.05) is 26.0 Å². The van der Waals surface area contributed by atoms with Crippen LogP contribution in [0.15, 0.2) is 27.8 Å². The van der Waals surface area contributed by atoms with Crippen molar-refractivity contribution in [3.05, 3.63) is 46.6 Å². The maximum atomic E-state index is 14.7. The molecule has 0 saturated heterocycles. The summed E-state index contributed by atoms with van der Waals surface area (Å²) in [5.74, 6) is 1.24. The molecule has 1 aromatic heterocycles. The van der Waals surface area contributed by atoms with Crippen molar-refractivity contribution >= 4 is 17.3 Å². The summed E-state index contributed by atoms with van der Waals surface area (Å²) in [6.07, 6.45) is 13.0. The lowest BCUT2D eigenvalue weighted by Crippen LogP contribution is -2.64. The second kappa shape index (κ2) is 9.10. The number of carbonyl (C=O) groups excluding carboxylic acids is 3. The molecule has 0 N–H and O–H groups in total. The molecule has 7 heteroatoms. The average Bonchev–Trinajstić information content (AvgIpc) is 3.62. The van der Waals surface area contributed by atoms with Gasteiger partial charge in [0, 0.05) is 28.6 Å². The van der Waals surface area contributed by atoms with E-state index in [0.29, 0.717) is 18.2 Å². The molecule has 0 unspecified atom stereocenters. The smallest absolute Gasteiger partial charge is 0.284 e. The number of allylic oxidation sites excluding steroid dienone is 4. The van der Waals surface area contributed by atoms with E-state index in [2.05, 4.69) is 49.7 Å². The fourth-order valence-corrected chi connectivity index (χ4v) is 11.1. The Morgan fingerprint density at radius 1 is 0.977 bits per heavy atom. The monoisotopic (exact) mass is 597 g/mol. The molecule has 7 rings (SSSR count). The van der Waals surface area contributed by atoms with Gasteiger partial charge in [-0.15, -0.1) is 10.2 Å². The van der Waals surface area contributed by atoms with Gasteiger partial charge in [-0.05, 0) is 97.9 Å². The predicted octanol–water partition coefficient (Wildman–Crippen LogP) is 7.88. The van der Waals surface area contributed by atoms with Crippen LogP contribution in [0.1, 0.15) is 129 Å². The second-order valence-corrected chi connectivity index (χ2v) is 17.3. The van der Waals surface area contributed by atoms with Gasteiger partial charge in [0.2, 0.25) is 17.4 Å². The zero-order chi connectivity index (χ0) is 31.7. The molecule has 7 nitrogen and oxygen atoms in total. The maximum Gasteiger partial charge on any atom is 0.284 e. The fraction of sp³-hybridized carbons (Fsp3) is 0.730. The first kappa shape index (κ1) is 29.8. The molecule has 8 atom stereocenters. The van der Waals surface area contributed by atoms with E-state index in [0.717, 1.165) is 63.4 Å². The first-order valence-electron chi connectivity index (χ1n) is 16.8. The zero-order valence-electron chi connectivity index (χ0n) is 27.5. The molecule has 0 amide bonds. The molecule has 0 spiro atoms. The summed E-state index contributed by atoms with van der Waals surface area (Å²) >= 11 is 0. The quantitative estimate of drug-likeness (QED) is 0.259. The van der Waals surface area contributed by atoms with Crippen molar-refractivity contribution in [2.45, 2.75) is 118 Å². The van der Waals surface area contributed by atoms with E-state index >= 15 is 0 Å². The Hall–Kier alpha value is -2.88. The molecule has 234 valence electrons. The summed E-state index contributed by atoms with van der Waals surface area (Å²) in [5.41, 5.74) is -0.708. The molecule has 6 aliphatic carbocycles. The normalized spacial score (nSPS) is 44.3. The molecule has 1 aromatic rings. The number of rotatable bonds is 4. The number of hydrogen-bond donors (Lipinski definition) is 0. The topological polar surface area (TPSA) is 94.5 Å². The van der Waals surface area contributed by atoms with Crippen molar-refractivity contribution in [2.75, 3.05) is 0 Å². The number of nitrogens with zero attached hydrogens (tertiary/aromatic N) is 3. The summed E-state index contributed by atoms with van der Waals surface area (Å²) in [4.78, 5) is 44.4. The van der Waals surface area contributed by atoms with Gasteiger partial charge in [0.05, 0.1) is 6.57 Å². The summed E-state index contributed by atoms with van der Waals surface area (Å²) in [7, 11) is 0. The van der Waals surface area contributed by atoms with E-state index < -0.39 is 16.2 Å². The molecular weight excluding hydrogens is 550 g/mol. The third-order valence-electron chi connectivity index (χ3n) is 14.4. The van der Waals surface area contributed by atoms with E-state index in [1.54, 1.807) is 0 Å². The van der Waals surface area contributed by atoms with Crippen LogP contribution < -0.4 is 0 Å². The molecule has 6 aliphatic rings. The number of ketones is 3. The molecule has 0 aromatic carbocycles. The van der Waals surface area contributed by atoms with Crippen LogP contribution >= 0.6 is 0 Å². The minimum Gasteiger partial charge on any atom is -0.418 e. The molecule has 4 fully saturated rings. The van der Waals surface area contributed by atoms with Gasteiger partial charge in [0.1, 0.15) is 0 Å². The average molecular weight is 598 g/mol. The minimum absolute atomic E-state index is 0.0310. The van der Waals surface area contributed by atoms with Crippen molar-refractivity contribution in [3.8, 4) is 0 Å². The Bertz CT molecular complexity index is 1590. The van der Waals surface area contributed by atoms with E-state index in [9.17, 15) is 14.4 Å². The zero-order valence-corrected chi connectivity index (χ0v) is 27.5. The molecule has 0 aliphatic heterocycles. The fourth-order valence-electron chi connectivity index (χ4n) is 11.1. The highest BCUT2D eigenvalue weighted by Crippen LogP contribution is 2.74. The Labute approximate surface area is 261 Å². The Morgan fingerprint density at radius 2 is 1.68 bits per heavy atom. The van der Waals surface area contributed by atoms with Gasteiger partial charge in [-0.1, -0.05) is 60.1 Å². The van der Waals surface area contributed by atoms with Gasteiger partial charge in [-0.3, -0.25) is 9.59 Å². The number of carbonyl (C=O) groups is 3. The second-order valence-electron chi connectivity index (χ2n) is 17.3. The number of Topliss-reactive ketones (excluding diaryl/α,β-unsaturated/α-hetero) is 2. The molecule has 1 heterocycles. The summed E-state index contributed by atoms with van der Waals surface area (Å²) in [6.45, 7) is 23.3. The van der Waals surface area contributed by atoms with Crippen molar-refractivity contribution in [2.24, 2.45) is 50.7 Å². The van der Waals surface area contributed by atoms with Crippen molar-refractivity contribution in [1.82, 2.24) is 10.2 Å². The molecular formula is C37H47N3O4. The van der Waals surface area contributed by atoms with Crippen molar-refractivity contribution in [1.29, 1.82) is 0 Å². The van der Waals surface area contributed by atoms with Gasteiger partial charge in [-0.2, -0.15) is 0 Å². The van der Waals surface area contributed by atoms with Crippen LogP contribution in [0, 0.1) is 57.3 Å². The summed E-state index contributed by atoms with van der Waals surface area (Å²) in [5, 5.41) is 8.63. The van der Waals surface area contributed by atoms with Gasteiger partial charge >= 0.3 is 0 Å². The van der Waals surface area contributed by atoms with Gasteiger partial charge in [0.15, 0.2) is 11.6 Å². The highest BCUT2D eigenvalue weighted by atomic mass is 16.4. The Balaban J connectivity index is 1.28. The lowest BCUT2D eigenvalue weighted by Gasteiger charge is -2.69. The van der Waals surface area contributed by atoms with Gasteiger partial charge in [-0.25, -0.2) is 4.85 Å². The molecule has 4 saturated carbocycles. The molecule has 44 heavy (non-hydrogen) atoms. The Morgan fingerprint density at radius 3 is 2.36 bits per heavy atom.